The second-order valence-corrected chi connectivity index (χ2v) is 8.60. The van der Waals surface area contributed by atoms with E-state index in [-0.39, 0.29) is 43.6 Å². The third-order valence-electron chi connectivity index (χ3n) is 5.15. The maximum atomic E-state index is 14.0. The summed E-state index contributed by atoms with van der Waals surface area (Å²) in [4.78, 5) is 40.5. The van der Waals surface area contributed by atoms with E-state index in [1.807, 2.05) is 0 Å². The Morgan fingerprint density at radius 2 is 1.86 bits per heavy atom. The van der Waals surface area contributed by atoms with E-state index in [1.165, 1.54) is 48.9 Å². The summed E-state index contributed by atoms with van der Waals surface area (Å²) in [6.07, 6.45) is -7.27. The van der Waals surface area contributed by atoms with Crippen LogP contribution in [0.2, 0.25) is 5.02 Å². The lowest BCUT2D eigenvalue weighted by Crippen LogP contribution is -2.34. The summed E-state index contributed by atoms with van der Waals surface area (Å²) in [5.74, 6) is -1.16. The number of carbonyl (C=O) groups excluding carboxylic acids is 1. The highest BCUT2D eigenvalue weighted by Crippen LogP contribution is 2.41. The van der Waals surface area contributed by atoms with Crippen LogP contribution in [0.15, 0.2) is 57.4 Å². The number of methoxy groups -OCH3 is 2. The number of alkyl halides is 3. The molecule has 0 bridgehead atoms. The molecule has 4 aromatic rings. The summed E-state index contributed by atoms with van der Waals surface area (Å²) in [7, 11) is 2.36. The second kappa shape index (κ2) is 9.70. The fourth-order valence-electron chi connectivity index (χ4n) is 3.56. The van der Waals surface area contributed by atoms with Gasteiger partial charge in [-0.2, -0.15) is 13.2 Å². The molecule has 2 aromatic carbocycles. The van der Waals surface area contributed by atoms with Crippen LogP contribution >= 0.6 is 22.9 Å². The Hall–Kier alpha value is -3.77. The topological polar surface area (TPSA) is 99.6 Å². The monoisotopic (exact) mass is 540 g/mol. The Kier molecular flexibility index (Phi) is 6.83. The summed E-state index contributed by atoms with van der Waals surface area (Å²) in [6, 6.07) is 8.87. The van der Waals surface area contributed by atoms with Crippen molar-refractivity contribution in [2.24, 2.45) is 0 Å². The Morgan fingerprint density at radius 1 is 1.14 bits per heavy atom. The van der Waals surface area contributed by atoms with Crippen molar-refractivity contribution in [3.8, 4) is 17.2 Å². The molecular formula is C23H16ClF3N2O6S. The molecule has 0 saturated carbocycles. The van der Waals surface area contributed by atoms with E-state index in [1.54, 1.807) is 0 Å². The summed E-state index contributed by atoms with van der Waals surface area (Å²) < 4.78 is 57.6. The number of carbonyl (C=O) groups is 1. The average molecular weight is 541 g/mol. The molecule has 0 amide bonds. The lowest BCUT2D eigenvalue weighted by molar-refractivity contribution is -0.198. The van der Waals surface area contributed by atoms with E-state index >= 15 is 0 Å². The number of para-hydroxylation sites is 1. The standard InChI is InChI=1S/C23H16ClF3N2O6S/c1-33-16-6-4-3-5-12(16)19(23(25,26)27)35-11-7-8-13(24)15(9-11)29-20(30)17-14(28-22(29)32)10-36-18(17)21(31)34-2/h3-10,19H,1-2H3,(H,28,32). The predicted molar refractivity (Wildman–Crippen MR) is 127 cm³/mol. The third kappa shape index (κ3) is 4.56. The van der Waals surface area contributed by atoms with E-state index in [0.717, 1.165) is 24.5 Å². The van der Waals surface area contributed by atoms with E-state index in [9.17, 15) is 27.6 Å². The normalized spacial score (nSPS) is 12.4. The molecule has 1 unspecified atom stereocenters. The van der Waals surface area contributed by atoms with Crippen LogP contribution in [0.25, 0.3) is 16.6 Å². The molecule has 0 spiro atoms. The number of hydrogen-bond donors (Lipinski definition) is 1. The van der Waals surface area contributed by atoms with Gasteiger partial charge in [0.25, 0.3) is 5.56 Å². The van der Waals surface area contributed by atoms with Gasteiger partial charge in [-0.1, -0.05) is 29.8 Å². The Bertz CT molecular complexity index is 1580. The SMILES string of the molecule is COC(=O)c1scc2[nH]c(=O)n(-c3cc(OC(c4ccccc4OC)C(F)(F)F)ccc3Cl)c(=O)c12. The molecule has 0 aliphatic rings. The molecule has 0 aliphatic carbocycles. The number of benzene rings is 2. The number of ether oxygens (including phenoxy) is 3. The van der Waals surface area contributed by atoms with Gasteiger partial charge in [0.1, 0.15) is 16.4 Å². The van der Waals surface area contributed by atoms with Crippen molar-refractivity contribution in [1.29, 1.82) is 0 Å². The largest absolute Gasteiger partial charge is 0.496 e. The zero-order chi connectivity index (χ0) is 26.2. The second-order valence-electron chi connectivity index (χ2n) is 7.31. The van der Waals surface area contributed by atoms with Crippen molar-refractivity contribution >= 4 is 39.8 Å². The van der Waals surface area contributed by atoms with Crippen molar-refractivity contribution in [2.45, 2.75) is 12.3 Å². The Morgan fingerprint density at radius 3 is 2.53 bits per heavy atom. The summed E-state index contributed by atoms with van der Waals surface area (Å²) in [5, 5.41) is 1.15. The van der Waals surface area contributed by atoms with Crippen LogP contribution < -0.4 is 20.7 Å². The highest BCUT2D eigenvalue weighted by atomic mass is 35.5. The van der Waals surface area contributed by atoms with Gasteiger partial charge in [-0.3, -0.25) is 4.79 Å². The Labute approximate surface area is 209 Å². The van der Waals surface area contributed by atoms with Crippen molar-refractivity contribution < 1.29 is 32.2 Å². The van der Waals surface area contributed by atoms with E-state index in [2.05, 4.69) is 9.72 Å². The number of aromatic amines is 1. The molecule has 4 rings (SSSR count). The van der Waals surface area contributed by atoms with Gasteiger partial charge < -0.3 is 19.2 Å². The van der Waals surface area contributed by atoms with E-state index in [0.29, 0.717) is 4.57 Å². The van der Waals surface area contributed by atoms with Gasteiger partial charge in [0, 0.05) is 17.0 Å². The quantitative estimate of drug-likeness (QED) is 0.350. The first-order valence-corrected chi connectivity index (χ1v) is 11.3. The van der Waals surface area contributed by atoms with Gasteiger partial charge >= 0.3 is 17.8 Å². The number of esters is 1. The maximum absolute atomic E-state index is 14.0. The number of hydrogen-bond acceptors (Lipinski definition) is 7. The van der Waals surface area contributed by atoms with Gasteiger partial charge in [-0.15, -0.1) is 11.3 Å². The first-order chi connectivity index (χ1) is 17.1. The lowest BCUT2D eigenvalue weighted by atomic mass is 10.1. The van der Waals surface area contributed by atoms with Crippen molar-refractivity contribution in [3.63, 3.8) is 0 Å². The smallest absolute Gasteiger partial charge is 0.429 e. The molecule has 0 aliphatic heterocycles. The van der Waals surface area contributed by atoms with Gasteiger partial charge in [0.05, 0.1) is 35.8 Å². The number of halogens is 4. The van der Waals surface area contributed by atoms with Crippen LogP contribution in [0.1, 0.15) is 21.3 Å². The highest BCUT2D eigenvalue weighted by Gasteiger charge is 2.44. The zero-order valence-corrected chi connectivity index (χ0v) is 20.1. The van der Waals surface area contributed by atoms with Gasteiger partial charge in [-0.05, 0) is 18.2 Å². The first kappa shape index (κ1) is 25.3. The number of fused-ring (bicyclic) bond motifs is 1. The van der Waals surface area contributed by atoms with Crippen molar-refractivity contribution in [3.05, 3.63) is 84.1 Å². The predicted octanol–water partition coefficient (Wildman–Crippen LogP) is 4.87. The molecule has 0 radical (unpaired) electrons. The van der Waals surface area contributed by atoms with Crippen molar-refractivity contribution in [2.75, 3.05) is 14.2 Å². The van der Waals surface area contributed by atoms with Crippen LogP contribution in [-0.2, 0) is 4.74 Å². The number of nitrogens with zero attached hydrogens (tertiary/aromatic N) is 1. The van der Waals surface area contributed by atoms with Crippen LogP contribution in [0.5, 0.6) is 11.5 Å². The maximum Gasteiger partial charge on any atom is 0.429 e. The van der Waals surface area contributed by atoms with Crippen molar-refractivity contribution in [1.82, 2.24) is 9.55 Å². The zero-order valence-electron chi connectivity index (χ0n) is 18.5. The molecule has 0 saturated heterocycles. The van der Waals surface area contributed by atoms with Crippen LogP contribution in [0.4, 0.5) is 13.2 Å². The molecular weight excluding hydrogens is 525 g/mol. The minimum Gasteiger partial charge on any atom is -0.496 e. The fraction of sp³-hybridized carbons (Fsp3) is 0.174. The highest BCUT2D eigenvalue weighted by molar-refractivity contribution is 7.13. The summed E-state index contributed by atoms with van der Waals surface area (Å²) in [5.41, 5.74) is -2.25. The number of aromatic nitrogens is 2. The third-order valence-corrected chi connectivity index (χ3v) is 6.43. The molecule has 13 heteroatoms. The number of rotatable bonds is 6. The molecule has 36 heavy (non-hydrogen) atoms. The molecule has 1 atom stereocenters. The number of thiophene rings is 1. The van der Waals surface area contributed by atoms with E-state index < -0.39 is 29.5 Å². The lowest BCUT2D eigenvalue weighted by Gasteiger charge is -2.24. The summed E-state index contributed by atoms with van der Waals surface area (Å²) in [6.45, 7) is 0. The molecule has 2 heterocycles. The molecule has 1 N–H and O–H groups in total. The molecule has 2 aromatic heterocycles. The fourth-order valence-corrected chi connectivity index (χ4v) is 4.67. The van der Waals surface area contributed by atoms with Gasteiger partial charge in [0.15, 0.2) is 0 Å². The van der Waals surface area contributed by atoms with Crippen LogP contribution in [0, 0.1) is 0 Å². The molecule has 0 fully saturated rings. The average Bonchev–Trinajstić information content (AvgIpc) is 3.27. The van der Waals surface area contributed by atoms with Crippen LogP contribution in [0.3, 0.4) is 0 Å². The minimum absolute atomic E-state index is 0.0417. The van der Waals surface area contributed by atoms with Gasteiger partial charge in [0.2, 0.25) is 6.10 Å². The minimum atomic E-state index is -4.84. The molecule has 8 nitrogen and oxygen atoms in total. The number of H-pyrrole nitrogens is 1. The van der Waals surface area contributed by atoms with Gasteiger partial charge in [-0.25, -0.2) is 14.2 Å². The van der Waals surface area contributed by atoms with E-state index in [4.69, 9.17) is 21.1 Å². The first-order valence-electron chi connectivity index (χ1n) is 10.1. The molecule has 188 valence electrons. The summed E-state index contributed by atoms with van der Waals surface area (Å²) >= 11 is 7.11. The van der Waals surface area contributed by atoms with Crippen LogP contribution in [-0.4, -0.2) is 35.9 Å². The number of nitrogens with one attached hydrogen (secondary N) is 1. The Balaban J connectivity index is 1.86.